The second-order valence-electron chi connectivity index (χ2n) is 4.19. The fourth-order valence-electron chi connectivity index (χ4n) is 1.89. The SMILES string of the molecule is CCC(CC)CC(O)CCc1ccco1. The molecule has 1 N–H and O–H groups in total. The van der Waals surface area contributed by atoms with Crippen molar-refractivity contribution in [2.75, 3.05) is 0 Å². The number of aryl methyl sites for hydroxylation is 1. The van der Waals surface area contributed by atoms with Crippen LogP contribution in [0.1, 0.15) is 45.3 Å². The van der Waals surface area contributed by atoms with Crippen molar-refractivity contribution in [2.24, 2.45) is 5.92 Å². The summed E-state index contributed by atoms with van der Waals surface area (Å²) < 4.78 is 5.23. The van der Waals surface area contributed by atoms with E-state index in [9.17, 15) is 5.11 Å². The minimum Gasteiger partial charge on any atom is -0.469 e. The summed E-state index contributed by atoms with van der Waals surface area (Å²) >= 11 is 0. The van der Waals surface area contributed by atoms with E-state index in [1.807, 2.05) is 12.1 Å². The number of aliphatic hydroxyl groups excluding tert-OH is 1. The highest BCUT2D eigenvalue weighted by Crippen LogP contribution is 2.17. The van der Waals surface area contributed by atoms with Crippen molar-refractivity contribution in [2.45, 2.75) is 52.1 Å². The van der Waals surface area contributed by atoms with E-state index in [0.29, 0.717) is 5.92 Å². The Hall–Kier alpha value is -0.760. The Labute approximate surface area is 92.3 Å². The molecule has 0 bridgehead atoms. The summed E-state index contributed by atoms with van der Waals surface area (Å²) in [6, 6.07) is 3.85. The third kappa shape index (κ3) is 4.52. The van der Waals surface area contributed by atoms with Crippen LogP contribution >= 0.6 is 0 Å². The zero-order valence-corrected chi connectivity index (χ0v) is 9.78. The van der Waals surface area contributed by atoms with Crippen LogP contribution in [0.3, 0.4) is 0 Å². The van der Waals surface area contributed by atoms with Gasteiger partial charge in [-0.25, -0.2) is 0 Å². The van der Waals surface area contributed by atoms with Crippen molar-refractivity contribution in [3.05, 3.63) is 24.2 Å². The number of hydrogen-bond acceptors (Lipinski definition) is 2. The molecule has 0 amide bonds. The summed E-state index contributed by atoms with van der Waals surface area (Å²) in [4.78, 5) is 0. The average molecular weight is 210 g/mol. The predicted molar refractivity (Wildman–Crippen MR) is 61.7 cm³/mol. The van der Waals surface area contributed by atoms with Crippen molar-refractivity contribution in [3.63, 3.8) is 0 Å². The monoisotopic (exact) mass is 210 g/mol. The van der Waals surface area contributed by atoms with Gasteiger partial charge in [-0.05, 0) is 30.9 Å². The van der Waals surface area contributed by atoms with Crippen molar-refractivity contribution < 1.29 is 9.52 Å². The molecule has 0 saturated carbocycles. The molecule has 1 atom stereocenters. The lowest BCUT2D eigenvalue weighted by molar-refractivity contribution is 0.129. The molecular weight excluding hydrogens is 188 g/mol. The van der Waals surface area contributed by atoms with E-state index in [2.05, 4.69) is 13.8 Å². The first-order valence-electron chi connectivity index (χ1n) is 5.96. The molecule has 0 aliphatic heterocycles. The Bertz CT molecular complexity index is 237. The van der Waals surface area contributed by atoms with Gasteiger partial charge in [0.15, 0.2) is 0 Å². The van der Waals surface area contributed by atoms with Crippen LogP contribution in [-0.2, 0) is 6.42 Å². The number of hydrogen-bond donors (Lipinski definition) is 1. The maximum Gasteiger partial charge on any atom is 0.103 e. The first-order valence-corrected chi connectivity index (χ1v) is 5.96. The van der Waals surface area contributed by atoms with Crippen LogP contribution in [0, 0.1) is 5.92 Å². The Morgan fingerprint density at radius 2 is 2.07 bits per heavy atom. The normalized spacial score (nSPS) is 13.3. The highest BCUT2D eigenvalue weighted by molar-refractivity contribution is 4.98. The molecule has 0 aromatic carbocycles. The molecule has 0 aliphatic rings. The van der Waals surface area contributed by atoms with Gasteiger partial charge in [0.2, 0.25) is 0 Å². The minimum atomic E-state index is -0.181. The van der Waals surface area contributed by atoms with E-state index in [0.717, 1.165) is 37.9 Å². The van der Waals surface area contributed by atoms with Gasteiger partial charge < -0.3 is 9.52 Å². The first-order chi connectivity index (χ1) is 7.26. The van der Waals surface area contributed by atoms with Gasteiger partial charge >= 0.3 is 0 Å². The van der Waals surface area contributed by atoms with Crippen LogP contribution in [0.15, 0.2) is 22.8 Å². The molecule has 0 spiro atoms. The van der Waals surface area contributed by atoms with Gasteiger partial charge in [0.1, 0.15) is 5.76 Å². The zero-order chi connectivity index (χ0) is 11.1. The first kappa shape index (κ1) is 12.3. The van der Waals surface area contributed by atoms with Crippen LogP contribution in [0.25, 0.3) is 0 Å². The lowest BCUT2D eigenvalue weighted by Gasteiger charge is -2.16. The molecule has 1 aromatic heterocycles. The molecular formula is C13H22O2. The molecule has 1 heterocycles. The van der Waals surface area contributed by atoms with Gasteiger partial charge in [-0.3, -0.25) is 0 Å². The Kier molecular flexibility index (Phi) is 5.48. The maximum absolute atomic E-state index is 9.84. The van der Waals surface area contributed by atoms with Crippen molar-refractivity contribution in [1.82, 2.24) is 0 Å². The van der Waals surface area contributed by atoms with Crippen LogP contribution < -0.4 is 0 Å². The van der Waals surface area contributed by atoms with Gasteiger partial charge in [0, 0.05) is 6.42 Å². The Morgan fingerprint density at radius 3 is 2.60 bits per heavy atom. The molecule has 2 nitrogen and oxygen atoms in total. The Morgan fingerprint density at radius 1 is 1.33 bits per heavy atom. The fourth-order valence-corrected chi connectivity index (χ4v) is 1.89. The van der Waals surface area contributed by atoms with Gasteiger partial charge in [-0.15, -0.1) is 0 Å². The van der Waals surface area contributed by atoms with Gasteiger partial charge in [0.05, 0.1) is 12.4 Å². The van der Waals surface area contributed by atoms with Gasteiger partial charge in [-0.1, -0.05) is 26.7 Å². The molecule has 0 saturated heterocycles. The summed E-state index contributed by atoms with van der Waals surface area (Å²) in [7, 11) is 0. The molecule has 0 aliphatic carbocycles. The second kappa shape index (κ2) is 6.67. The van der Waals surface area contributed by atoms with Gasteiger partial charge in [-0.2, -0.15) is 0 Å². The van der Waals surface area contributed by atoms with E-state index >= 15 is 0 Å². The fraction of sp³-hybridized carbons (Fsp3) is 0.692. The number of rotatable bonds is 7. The predicted octanol–water partition coefficient (Wildman–Crippen LogP) is 3.40. The van der Waals surface area contributed by atoms with Crippen LogP contribution in [0.2, 0.25) is 0 Å². The average Bonchev–Trinajstić information content (AvgIpc) is 2.75. The highest BCUT2D eigenvalue weighted by Gasteiger charge is 2.11. The summed E-state index contributed by atoms with van der Waals surface area (Å²) in [5, 5.41) is 9.84. The van der Waals surface area contributed by atoms with Crippen LogP contribution in [-0.4, -0.2) is 11.2 Å². The summed E-state index contributed by atoms with van der Waals surface area (Å²) in [6.07, 6.45) is 6.40. The van der Waals surface area contributed by atoms with Crippen molar-refractivity contribution in [1.29, 1.82) is 0 Å². The van der Waals surface area contributed by atoms with Gasteiger partial charge in [0.25, 0.3) is 0 Å². The Balaban J connectivity index is 2.21. The molecule has 2 heteroatoms. The molecule has 0 radical (unpaired) electrons. The summed E-state index contributed by atoms with van der Waals surface area (Å²) in [6.45, 7) is 4.38. The zero-order valence-electron chi connectivity index (χ0n) is 9.78. The molecule has 1 unspecified atom stereocenters. The van der Waals surface area contributed by atoms with E-state index < -0.39 is 0 Å². The number of furan rings is 1. The number of aliphatic hydroxyl groups is 1. The van der Waals surface area contributed by atoms with Crippen LogP contribution in [0.4, 0.5) is 0 Å². The second-order valence-corrected chi connectivity index (χ2v) is 4.19. The molecule has 1 aromatic rings. The lowest BCUT2D eigenvalue weighted by Crippen LogP contribution is -2.13. The highest BCUT2D eigenvalue weighted by atomic mass is 16.3. The minimum absolute atomic E-state index is 0.181. The maximum atomic E-state index is 9.84. The molecule has 86 valence electrons. The summed E-state index contributed by atoms with van der Waals surface area (Å²) in [5.74, 6) is 1.63. The van der Waals surface area contributed by atoms with E-state index in [1.165, 1.54) is 0 Å². The molecule has 1 rings (SSSR count). The van der Waals surface area contributed by atoms with E-state index in [-0.39, 0.29) is 6.10 Å². The quantitative estimate of drug-likeness (QED) is 0.748. The standard InChI is InChI=1S/C13H22O2/c1-3-11(4-2)10-12(14)7-8-13-6-5-9-15-13/h5-6,9,11-12,14H,3-4,7-8,10H2,1-2H3. The molecule has 0 fully saturated rings. The van der Waals surface area contributed by atoms with Crippen LogP contribution in [0.5, 0.6) is 0 Å². The molecule has 15 heavy (non-hydrogen) atoms. The van der Waals surface area contributed by atoms with E-state index in [4.69, 9.17) is 4.42 Å². The van der Waals surface area contributed by atoms with E-state index in [1.54, 1.807) is 6.26 Å². The van der Waals surface area contributed by atoms with Crippen molar-refractivity contribution in [3.8, 4) is 0 Å². The summed E-state index contributed by atoms with van der Waals surface area (Å²) in [5.41, 5.74) is 0. The topological polar surface area (TPSA) is 33.4 Å². The largest absolute Gasteiger partial charge is 0.469 e. The third-order valence-electron chi connectivity index (χ3n) is 3.06. The lowest BCUT2D eigenvalue weighted by atomic mass is 9.94. The smallest absolute Gasteiger partial charge is 0.103 e. The third-order valence-corrected chi connectivity index (χ3v) is 3.06. The van der Waals surface area contributed by atoms with Crippen molar-refractivity contribution >= 4 is 0 Å².